The molecule has 3 aromatic rings. The lowest BCUT2D eigenvalue weighted by molar-refractivity contribution is 0.254. The van der Waals surface area contributed by atoms with E-state index < -0.39 is 0 Å². The highest BCUT2D eigenvalue weighted by Gasteiger charge is 2.13. The molecule has 5 heteroatoms. The zero-order valence-electron chi connectivity index (χ0n) is 19.2. The summed E-state index contributed by atoms with van der Waals surface area (Å²) in [4.78, 5) is 7.47. The summed E-state index contributed by atoms with van der Waals surface area (Å²) < 4.78 is 8.44. The molecular formula is C26H36ClN3O. The number of ether oxygens (including phenoxy) is 1. The summed E-state index contributed by atoms with van der Waals surface area (Å²) in [7, 11) is 0. The minimum atomic E-state index is 0.451. The maximum atomic E-state index is 6.23. The van der Waals surface area contributed by atoms with Crippen LogP contribution in [0.15, 0.2) is 42.5 Å². The number of aromatic nitrogens is 2. The number of para-hydroxylation sites is 1. The molecule has 0 saturated carbocycles. The molecule has 1 heterocycles. The molecule has 0 unspecified atom stereocenters. The molecule has 0 atom stereocenters. The van der Waals surface area contributed by atoms with Crippen LogP contribution in [0.4, 0.5) is 0 Å². The largest absolute Gasteiger partial charge is 0.485 e. The van der Waals surface area contributed by atoms with Crippen LogP contribution < -0.4 is 4.74 Å². The highest BCUT2D eigenvalue weighted by molar-refractivity contribution is 6.31. The van der Waals surface area contributed by atoms with Crippen molar-refractivity contribution in [1.82, 2.24) is 14.5 Å². The average Bonchev–Trinajstić information content (AvgIpc) is 3.11. The molecule has 0 N–H and O–H groups in total. The van der Waals surface area contributed by atoms with Crippen LogP contribution in [0.25, 0.3) is 11.0 Å². The molecule has 2 aromatic carbocycles. The van der Waals surface area contributed by atoms with Crippen LogP contribution in [-0.4, -0.2) is 34.1 Å². The normalized spacial score (nSPS) is 11.5. The third-order valence-corrected chi connectivity index (χ3v) is 5.99. The first-order valence-corrected chi connectivity index (χ1v) is 12.1. The highest BCUT2D eigenvalue weighted by Crippen LogP contribution is 2.23. The summed E-state index contributed by atoms with van der Waals surface area (Å²) in [6, 6.07) is 14.1. The summed E-state index contributed by atoms with van der Waals surface area (Å²) >= 11 is 6.23. The van der Waals surface area contributed by atoms with Crippen LogP contribution in [-0.2, 0) is 13.2 Å². The lowest BCUT2D eigenvalue weighted by Gasteiger charge is -2.22. The molecule has 3 rings (SSSR count). The first-order chi connectivity index (χ1) is 15.1. The third-order valence-electron chi connectivity index (χ3n) is 5.75. The fraction of sp³-hybridized carbons (Fsp3) is 0.500. The van der Waals surface area contributed by atoms with Gasteiger partial charge in [-0.25, -0.2) is 4.98 Å². The van der Waals surface area contributed by atoms with Crippen LogP contribution in [0.3, 0.4) is 0 Å². The van der Waals surface area contributed by atoms with E-state index in [0.29, 0.717) is 11.6 Å². The van der Waals surface area contributed by atoms with Gasteiger partial charge in [0.2, 0.25) is 0 Å². The Labute approximate surface area is 192 Å². The van der Waals surface area contributed by atoms with Crippen molar-refractivity contribution in [2.24, 2.45) is 0 Å². The van der Waals surface area contributed by atoms with Gasteiger partial charge in [-0.3, -0.25) is 0 Å². The van der Waals surface area contributed by atoms with Crippen molar-refractivity contribution < 1.29 is 4.74 Å². The van der Waals surface area contributed by atoms with E-state index in [1.54, 1.807) is 0 Å². The third kappa shape index (κ3) is 6.72. The second-order valence-electron chi connectivity index (χ2n) is 8.27. The molecule has 0 spiro atoms. The van der Waals surface area contributed by atoms with E-state index in [1.165, 1.54) is 38.8 Å². The van der Waals surface area contributed by atoms with Gasteiger partial charge in [0.05, 0.1) is 11.0 Å². The quantitative estimate of drug-likeness (QED) is 0.290. The average molecular weight is 442 g/mol. The summed E-state index contributed by atoms with van der Waals surface area (Å²) in [5.41, 5.74) is 3.20. The van der Waals surface area contributed by atoms with E-state index in [-0.39, 0.29) is 0 Å². The Balaban J connectivity index is 1.72. The Morgan fingerprint density at radius 3 is 2.39 bits per heavy atom. The van der Waals surface area contributed by atoms with Crippen molar-refractivity contribution in [1.29, 1.82) is 0 Å². The number of aryl methyl sites for hydroxylation is 2. The molecule has 1 aromatic heterocycles. The van der Waals surface area contributed by atoms with Crippen LogP contribution in [0, 0.1) is 6.92 Å². The van der Waals surface area contributed by atoms with Crippen molar-refractivity contribution in [2.75, 3.05) is 19.6 Å². The highest BCUT2D eigenvalue weighted by atomic mass is 35.5. The maximum absolute atomic E-state index is 6.23. The van der Waals surface area contributed by atoms with Gasteiger partial charge in [0, 0.05) is 11.6 Å². The van der Waals surface area contributed by atoms with Crippen LogP contribution in [0.2, 0.25) is 5.02 Å². The van der Waals surface area contributed by atoms with Gasteiger partial charge in [0.15, 0.2) is 0 Å². The van der Waals surface area contributed by atoms with Gasteiger partial charge in [0.25, 0.3) is 0 Å². The first kappa shape index (κ1) is 23.6. The van der Waals surface area contributed by atoms with Crippen molar-refractivity contribution in [2.45, 2.75) is 66.0 Å². The monoisotopic (exact) mass is 441 g/mol. The Morgan fingerprint density at radius 2 is 1.68 bits per heavy atom. The minimum Gasteiger partial charge on any atom is -0.485 e. The standard InChI is InChI=1S/C26H36ClN3O/c1-4-6-15-29(16-7-5-2)17-10-18-30-24-14-13-22(27)19-23(24)28-26(30)20-31-25-12-9-8-11-21(25)3/h8-9,11-14,19H,4-7,10,15-18,20H2,1-3H3. The van der Waals surface area contributed by atoms with E-state index in [0.717, 1.165) is 47.7 Å². The van der Waals surface area contributed by atoms with Crippen molar-refractivity contribution in [3.8, 4) is 5.75 Å². The van der Waals surface area contributed by atoms with Gasteiger partial charge in [-0.2, -0.15) is 0 Å². The zero-order chi connectivity index (χ0) is 22.1. The summed E-state index contributed by atoms with van der Waals surface area (Å²) in [5, 5.41) is 0.717. The topological polar surface area (TPSA) is 30.3 Å². The molecule has 0 aliphatic heterocycles. The Morgan fingerprint density at radius 1 is 0.968 bits per heavy atom. The van der Waals surface area contributed by atoms with Crippen LogP contribution >= 0.6 is 11.6 Å². The van der Waals surface area contributed by atoms with E-state index in [2.05, 4.69) is 42.4 Å². The Bertz CT molecular complexity index is 945. The van der Waals surface area contributed by atoms with Crippen molar-refractivity contribution >= 4 is 22.6 Å². The fourth-order valence-corrected chi connectivity index (χ4v) is 4.09. The van der Waals surface area contributed by atoms with E-state index >= 15 is 0 Å². The molecule has 168 valence electrons. The Hall–Kier alpha value is -2.04. The molecule has 0 aliphatic carbocycles. The smallest absolute Gasteiger partial charge is 0.147 e. The first-order valence-electron chi connectivity index (χ1n) is 11.7. The molecule has 4 nitrogen and oxygen atoms in total. The van der Waals surface area contributed by atoms with Gasteiger partial charge in [0.1, 0.15) is 18.2 Å². The fourth-order valence-electron chi connectivity index (χ4n) is 3.92. The summed E-state index contributed by atoms with van der Waals surface area (Å²) in [6.45, 7) is 11.5. The molecule has 0 bridgehead atoms. The number of unbranched alkanes of at least 4 members (excludes halogenated alkanes) is 2. The van der Waals surface area contributed by atoms with Gasteiger partial charge in [-0.1, -0.05) is 56.5 Å². The molecule has 31 heavy (non-hydrogen) atoms. The summed E-state index contributed by atoms with van der Waals surface area (Å²) in [5.74, 6) is 1.86. The minimum absolute atomic E-state index is 0.451. The molecule has 0 aliphatic rings. The number of imidazole rings is 1. The SMILES string of the molecule is CCCCN(CCCC)CCCn1c(COc2ccccc2C)nc2cc(Cl)ccc21. The van der Waals surface area contributed by atoms with Gasteiger partial charge in [-0.15, -0.1) is 0 Å². The van der Waals surface area contributed by atoms with Crippen LogP contribution in [0.1, 0.15) is 57.3 Å². The lowest BCUT2D eigenvalue weighted by atomic mass is 10.2. The second-order valence-corrected chi connectivity index (χ2v) is 8.71. The van der Waals surface area contributed by atoms with Gasteiger partial charge >= 0.3 is 0 Å². The second kappa shape index (κ2) is 12.1. The van der Waals surface area contributed by atoms with Crippen molar-refractivity contribution in [3.05, 3.63) is 58.9 Å². The number of rotatable bonds is 13. The number of benzene rings is 2. The number of fused-ring (bicyclic) bond motifs is 1. The van der Waals surface area contributed by atoms with Gasteiger partial charge < -0.3 is 14.2 Å². The molecule has 0 amide bonds. The number of halogens is 1. The molecule has 0 fully saturated rings. The van der Waals surface area contributed by atoms with E-state index in [4.69, 9.17) is 21.3 Å². The predicted octanol–water partition coefficient (Wildman–Crippen LogP) is 6.87. The number of nitrogens with zero attached hydrogens (tertiary/aromatic N) is 3. The van der Waals surface area contributed by atoms with E-state index in [9.17, 15) is 0 Å². The molecule has 0 saturated heterocycles. The maximum Gasteiger partial charge on any atom is 0.147 e. The molecule has 0 radical (unpaired) electrons. The van der Waals surface area contributed by atoms with Crippen LogP contribution in [0.5, 0.6) is 5.75 Å². The summed E-state index contributed by atoms with van der Waals surface area (Å²) in [6.07, 6.45) is 6.13. The number of hydrogen-bond donors (Lipinski definition) is 0. The lowest BCUT2D eigenvalue weighted by Crippen LogP contribution is -2.28. The van der Waals surface area contributed by atoms with Gasteiger partial charge in [-0.05, 0) is 75.6 Å². The van der Waals surface area contributed by atoms with E-state index in [1.807, 2.05) is 30.3 Å². The molecular weight excluding hydrogens is 406 g/mol. The number of hydrogen-bond acceptors (Lipinski definition) is 3. The zero-order valence-corrected chi connectivity index (χ0v) is 20.0. The predicted molar refractivity (Wildman–Crippen MR) is 131 cm³/mol. The van der Waals surface area contributed by atoms with Crippen molar-refractivity contribution in [3.63, 3.8) is 0 Å². The Kier molecular flexibility index (Phi) is 9.23.